The normalized spacial score (nSPS) is 17.5. The Morgan fingerprint density at radius 3 is 1.89 bits per heavy atom. The number of rotatable bonds is 3. The van der Waals surface area contributed by atoms with Crippen LogP contribution in [0.2, 0.25) is 0 Å². The van der Waals surface area contributed by atoms with E-state index in [9.17, 15) is 4.79 Å². The van der Waals surface area contributed by atoms with Gasteiger partial charge >= 0.3 is 0 Å². The van der Waals surface area contributed by atoms with E-state index in [1.807, 2.05) is 0 Å². The molecule has 102 valence electrons. The Hall–Kier alpha value is -0.850. The SMILES string of the molecule is CCCCC1=CC(C(C)(C)C)=C(C(C)(C)C)C1=O. The highest BCUT2D eigenvalue weighted by Gasteiger charge is 2.36. The summed E-state index contributed by atoms with van der Waals surface area (Å²) >= 11 is 0. The number of hydrogen-bond acceptors (Lipinski definition) is 1. The number of carbonyl (C=O) groups is 1. The fraction of sp³-hybridized carbons (Fsp3) is 0.706. The van der Waals surface area contributed by atoms with Gasteiger partial charge in [0.1, 0.15) is 0 Å². The first kappa shape index (κ1) is 15.2. The average molecular weight is 248 g/mol. The fourth-order valence-corrected chi connectivity index (χ4v) is 2.48. The summed E-state index contributed by atoms with van der Waals surface area (Å²) < 4.78 is 0. The Morgan fingerprint density at radius 2 is 1.56 bits per heavy atom. The average Bonchev–Trinajstić information content (AvgIpc) is 2.51. The van der Waals surface area contributed by atoms with Crippen LogP contribution in [0.15, 0.2) is 22.8 Å². The highest BCUT2D eigenvalue weighted by Crippen LogP contribution is 2.43. The van der Waals surface area contributed by atoms with E-state index in [-0.39, 0.29) is 10.8 Å². The first-order valence-electron chi connectivity index (χ1n) is 7.09. The van der Waals surface area contributed by atoms with Crippen LogP contribution in [0, 0.1) is 10.8 Å². The van der Waals surface area contributed by atoms with Crippen LogP contribution < -0.4 is 0 Å². The molecule has 0 fully saturated rings. The van der Waals surface area contributed by atoms with Crippen LogP contribution in [0.3, 0.4) is 0 Å². The lowest BCUT2D eigenvalue weighted by Gasteiger charge is -2.27. The van der Waals surface area contributed by atoms with Crippen LogP contribution in [0.1, 0.15) is 67.7 Å². The molecule has 1 aliphatic carbocycles. The maximum atomic E-state index is 12.6. The lowest BCUT2D eigenvalue weighted by Crippen LogP contribution is -2.21. The molecule has 0 amide bonds. The highest BCUT2D eigenvalue weighted by atomic mass is 16.1. The third kappa shape index (κ3) is 3.13. The Morgan fingerprint density at radius 1 is 1.00 bits per heavy atom. The Kier molecular flexibility index (Phi) is 4.25. The van der Waals surface area contributed by atoms with Gasteiger partial charge in [-0.15, -0.1) is 0 Å². The third-order valence-electron chi connectivity index (χ3n) is 3.46. The van der Waals surface area contributed by atoms with Gasteiger partial charge in [-0.3, -0.25) is 4.79 Å². The second-order valence-electron chi connectivity index (χ2n) is 7.39. The summed E-state index contributed by atoms with van der Waals surface area (Å²) in [6.45, 7) is 15.2. The summed E-state index contributed by atoms with van der Waals surface area (Å²) in [5, 5.41) is 0. The molecule has 0 heterocycles. The van der Waals surface area contributed by atoms with Gasteiger partial charge < -0.3 is 0 Å². The predicted molar refractivity (Wildman–Crippen MR) is 78.6 cm³/mol. The summed E-state index contributed by atoms with van der Waals surface area (Å²) in [5.74, 6) is 0.292. The summed E-state index contributed by atoms with van der Waals surface area (Å²) in [5.41, 5.74) is 3.27. The molecule has 0 saturated heterocycles. The molecular formula is C17H28O. The topological polar surface area (TPSA) is 17.1 Å². The summed E-state index contributed by atoms with van der Waals surface area (Å²) in [6, 6.07) is 0. The molecule has 1 rings (SSSR count). The minimum atomic E-state index is -0.0653. The zero-order chi connectivity index (χ0) is 14.1. The summed E-state index contributed by atoms with van der Waals surface area (Å²) in [7, 11) is 0. The molecule has 0 aliphatic heterocycles. The maximum absolute atomic E-state index is 12.6. The molecule has 1 heteroatoms. The molecule has 0 aromatic rings. The van der Waals surface area contributed by atoms with Crippen LogP contribution in [0.4, 0.5) is 0 Å². The third-order valence-corrected chi connectivity index (χ3v) is 3.46. The van der Waals surface area contributed by atoms with Crippen molar-refractivity contribution in [1.82, 2.24) is 0 Å². The van der Waals surface area contributed by atoms with Crippen molar-refractivity contribution in [3.63, 3.8) is 0 Å². The van der Waals surface area contributed by atoms with Gasteiger partial charge in [0.05, 0.1) is 0 Å². The van der Waals surface area contributed by atoms with E-state index in [4.69, 9.17) is 0 Å². The number of Topliss-reactive ketones (excluding diaryl/α,β-unsaturated/α-hetero) is 1. The van der Waals surface area contributed by atoms with Gasteiger partial charge in [-0.25, -0.2) is 0 Å². The molecule has 0 atom stereocenters. The molecule has 1 aliphatic rings. The van der Waals surface area contributed by atoms with Crippen molar-refractivity contribution in [2.75, 3.05) is 0 Å². The standard InChI is InChI=1S/C17H28O/c1-8-9-10-12-11-13(16(2,3)4)14(15(12)18)17(5,6)7/h11H,8-10H2,1-7H3. The largest absolute Gasteiger partial charge is 0.289 e. The molecule has 0 unspecified atom stereocenters. The van der Waals surface area contributed by atoms with Crippen molar-refractivity contribution >= 4 is 5.78 Å². The van der Waals surface area contributed by atoms with Crippen molar-refractivity contribution < 1.29 is 4.79 Å². The second kappa shape index (κ2) is 5.03. The van der Waals surface area contributed by atoms with E-state index in [0.717, 1.165) is 30.4 Å². The molecule has 0 spiro atoms. The van der Waals surface area contributed by atoms with Gasteiger partial charge in [0.25, 0.3) is 0 Å². The molecule has 0 aromatic heterocycles. The van der Waals surface area contributed by atoms with E-state index < -0.39 is 0 Å². The van der Waals surface area contributed by atoms with Gasteiger partial charge in [0, 0.05) is 11.1 Å². The predicted octanol–water partition coefficient (Wildman–Crippen LogP) is 5.07. The number of allylic oxidation sites excluding steroid dienone is 4. The summed E-state index contributed by atoms with van der Waals surface area (Å²) in [4.78, 5) is 12.6. The Labute approximate surface area is 112 Å². The van der Waals surface area contributed by atoms with E-state index >= 15 is 0 Å². The lowest BCUT2D eigenvalue weighted by atomic mass is 9.76. The molecule has 0 bridgehead atoms. The fourth-order valence-electron chi connectivity index (χ4n) is 2.48. The first-order valence-corrected chi connectivity index (χ1v) is 7.09. The number of ketones is 1. The van der Waals surface area contributed by atoms with E-state index in [1.165, 1.54) is 5.57 Å². The van der Waals surface area contributed by atoms with Gasteiger partial charge in [-0.05, 0) is 29.2 Å². The van der Waals surface area contributed by atoms with Crippen molar-refractivity contribution in [1.29, 1.82) is 0 Å². The van der Waals surface area contributed by atoms with Gasteiger partial charge in [-0.1, -0.05) is 61.0 Å². The number of carbonyl (C=O) groups excluding carboxylic acids is 1. The van der Waals surface area contributed by atoms with Crippen LogP contribution in [0.25, 0.3) is 0 Å². The number of unbranched alkanes of at least 4 members (excludes halogenated alkanes) is 1. The van der Waals surface area contributed by atoms with Gasteiger partial charge in [-0.2, -0.15) is 0 Å². The second-order valence-corrected chi connectivity index (χ2v) is 7.39. The quantitative estimate of drug-likeness (QED) is 0.681. The van der Waals surface area contributed by atoms with Crippen LogP contribution in [-0.4, -0.2) is 5.78 Å². The van der Waals surface area contributed by atoms with Crippen LogP contribution in [0.5, 0.6) is 0 Å². The van der Waals surface area contributed by atoms with Crippen molar-refractivity contribution in [2.45, 2.75) is 67.7 Å². The molecule has 0 aromatic carbocycles. The molecular weight excluding hydrogens is 220 g/mol. The molecule has 1 nitrogen and oxygen atoms in total. The Bertz CT molecular complexity index is 394. The monoisotopic (exact) mass is 248 g/mol. The van der Waals surface area contributed by atoms with Gasteiger partial charge in [0.2, 0.25) is 0 Å². The van der Waals surface area contributed by atoms with Crippen molar-refractivity contribution in [3.05, 3.63) is 22.8 Å². The zero-order valence-corrected chi connectivity index (χ0v) is 13.1. The van der Waals surface area contributed by atoms with Crippen LogP contribution >= 0.6 is 0 Å². The van der Waals surface area contributed by atoms with E-state index in [2.05, 4.69) is 54.5 Å². The number of hydrogen-bond donors (Lipinski definition) is 0. The Balaban J connectivity index is 3.18. The van der Waals surface area contributed by atoms with E-state index in [1.54, 1.807) is 0 Å². The van der Waals surface area contributed by atoms with Crippen molar-refractivity contribution in [3.8, 4) is 0 Å². The van der Waals surface area contributed by atoms with Crippen LogP contribution in [-0.2, 0) is 4.79 Å². The lowest BCUT2D eigenvalue weighted by molar-refractivity contribution is -0.113. The molecule has 0 radical (unpaired) electrons. The molecule has 18 heavy (non-hydrogen) atoms. The zero-order valence-electron chi connectivity index (χ0n) is 13.1. The highest BCUT2D eigenvalue weighted by molar-refractivity contribution is 6.13. The van der Waals surface area contributed by atoms with Crippen molar-refractivity contribution in [2.24, 2.45) is 10.8 Å². The minimum absolute atomic E-state index is 0.0479. The molecule has 0 saturated carbocycles. The molecule has 0 N–H and O–H groups in total. The first-order chi connectivity index (χ1) is 8.09. The van der Waals surface area contributed by atoms with Gasteiger partial charge in [0.15, 0.2) is 5.78 Å². The smallest absolute Gasteiger partial charge is 0.185 e. The summed E-state index contributed by atoms with van der Waals surface area (Å²) in [6.07, 6.45) is 5.33. The maximum Gasteiger partial charge on any atom is 0.185 e. The minimum Gasteiger partial charge on any atom is -0.289 e. The van der Waals surface area contributed by atoms with E-state index in [0.29, 0.717) is 5.78 Å².